The van der Waals surface area contributed by atoms with Crippen molar-refractivity contribution < 1.29 is 23.8 Å². The predicted molar refractivity (Wildman–Crippen MR) is 121 cm³/mol. The Hall–Kier alpha value is -4.00. The summed E-state index contributed by atoms with van der Waals surface area (Å²) in [5.41, 5.74) is 2.03. The van der Waals surface area contributed by atoms with Crippen molar-refractivity contribution in [2.24, 2.45) is 0 Å². The standard InChI is InChI=1S/C25H24N2O5/c1-4-32-24(28)21-22(16-9-12-17(30-2)13-10-16)26-25(29)27-23(21)20-18-8-6-5-7-15(18)11-14-19(20)31-3/h5-14,23H,4H2,1-3H3,(H2,26,27,29). The molecule has 0 radical (unpaired) electrons. The van der Waals surface area contributed by atoms with Gasteiger partial charge in [0.1, 0.15) is 11.5 Å². The molecule has 7 heteroatoms. The third-order valence-electron chi connectivity index (χ3n) is 5.39. The smallest absolute Gasteiger partial charge is 0.338 e. The second-order valence-electron chi connectivity index (χ2n) is 7.17. The molecule has 164 valence electrons. The summed E-state index contributed by atoms with van der Waals surface area (Å²) in [6.07, 6.45) is 0. The first-order valence-corrected chi connectivity index (χ1v) is 10.3. The highest BCUT2D eigenvalue weighted by molar-refractivity contribution is 6.06. The number of urea groups is 1. The highest BCUT2D eigenvalue weighted by Crippen LogP contribution is 2.40. The fourth-order valence-corrected chi connectivity index (χ4v) is 3.95. The lowest BCUT2D eigenvalue weighted by Gasteiger charge is -2.31. The van der Waals surface area contributed by atoms with E-state index in [-0.39, 0.29) is 6.61 Å². The van der Waals surface area contributed by atoms with E-state index in [9.17, 15) is 9.59 Å². The molecule has 0 fully saturated rings. The molecular weight excluding hydrogens is 408 g/mol. The maximum Gasteiger partial charge on any atom is 0.338 e. The Morgan fingerprint density at radius 1 is 0.969 bits per heavy atom. The molecule has 4 rings (SSSR count). The third-order valence-corrected chi connectivity index (χ3v) is 5.39. The molecule has 0 spiro atoms. The van der Waals surface area contributed by atoms with Gasteiger partial charge >= 0.3 is 12.0 Å². The molecule has 2 N–H and O–H groups in total. The van der Waals surface area contributed by atoms with Crippen molar-refractivity contribution in [3.05, 3.63) is 77.4 Å². The van der Waals surface area contributed by atoms with Crippen LogP contribution in [0.5, 0.6) is 11.5 Å². The number of rotatable bonds is 6. The lowest BCUT2D eigenvalue weighted by Crippen LogP contribution is -2.45. The van der Waals surface area contributed by atoms with Gasteiger partial charge in [-0.05, 0) is 53.6 Å². The summed E-state index contributed by atoms with van der Waals surface area (Å²) in [6, 6.07) is 17.4. The molecule has 3 aromatic carbocycles. The average Bonchev–Trinajstić information content (AvgIpc) is 2.82. The van der Waals surface area contributed by atoms with E-state index in [1.165, 1.54) is 0 Å². The summed E-state index contributed by atoms with van der Waals surface area (Å²) in [5, 5.41) is 7.52. The van der Waals surface area contributed by atoms with Crippen LogP contribution in [0.1, 0.15) is 24.1 Å². The van der Waals surface area contributed by atoms with Crippen LogP contribution >= 0.6 is 0 Å². The molecular formula is C25H24N2O5. The minimum atomic E-state index is -0.777. The molecule has 1 heterocycles. The van der Waals surface area contributed by atoms with Crippen molar-refractivity contribution in [2.75, 3.05) is 20.8 Å². The SMILES string of the molecule is CCOC(=O)C1=C(c2ccc(OC)cc2)NC(=O)NC1c1c(OC)ccc2ccccc12. The van der Waals surface area contributed by atoms with Gasteiger partial charge in [-0.2, -0.15) is 0 Å². The number of carbonyl (C=O) groups excluding carboxylic acids is 2. The van der Waals surface area contributed by atoms with E-state index in [0.717, 1.165) is 10.8 Å². The summed E-state index contributed by atoms with van der Waals surface area (Å²) in [5.74, 6) is 0.706. The van der Waals surface area contributed by atoms with Gasteiger partial charge < -0.3 is 24.8 Å². The van der Waals surface area contributed by atoms with Gasteiger partial charge in [0.25, 0.3) is 0 Å². The summed E-state index contributed by atoms with van der Waals surface area (Å²) < 4.78 is 16.3. The molecule has 0 aromatic heterocycles. The second kappa shape index (κ2) is 9.01. The van der Waals surface area contributed by atoms with Gasteiger partial charge in [0.15, 0.2) is 0 Å². The molecule has 1 atom stereocenters. The van der Waals surface area contributed by atoms with Gasteiger partial charge in [-0.25, -0.2) is 9.59 Å². The van der Waals surface area contributed by atoms with Crippen molar-refractivity contribution in [2.45, 2.75) is 13.0 Å². The van der Waals surface area contributed by atoms with Crippen LogP contribution < -0.4 is 20.1 Å². The second-order valence-corrected chi connectivity index (χ2v) is 7.17. The van der Waals surface area contributed by atoms with Crippen LogP contribution in [0.25, 0.3) is 16.5 Å². The number of amides is 2. The normalized spacial score (nSPS) is 15.7. The molecule has 2 amide bonds. The first-order chi connectivity index (χ1) is 15.6. The lowest BCUT2D eigenvalue weighted by molar-refractivity contribution is -0.138. The molecule has 32 heavy (non-hydrogen) atoms. The number of ether oxygens (including phenoxy) is 3. The zero-order valence-corrected chi connectivity index (χ0v) is 18.1. The predicted octanol–water partition coefficient (Wildman–Crippen LogP) is 4.19. The van der Waals surface area contributed by atoms with Gasteiger partial charge in [-0.1, -0.05) is 30.3 Å². The largest absolute Gasteiger partial charge is 0.497 e. The fraction of sp³-hybridized carbons (Fsp3) is 0.200. The van der Waals surface area contributed by atoms with E-state index < -0.39 is 18.0 Å². The van der Waals surface area contributed by atoms with E-state index in [4.69, 9.17) is 14.2 Å². The fourth-order valence-electron chi connectivity index (χ4n) is 3.95. The summed E-state index contributed by atoms with van der Waals surface area (Å²) in [4.78, 5) is 25.9. The Kier molecular flexibility index (Phi) is 5.98. The van der Waals surface area contributed by atoms with Gasteiger partial charge in [-0.3, -0.25) is 0 Å². The molecule has 7 nitrogen and oxygen atoms in total. The maximum atomic E-state index is 13.2. The Bertz CT molecular complexity index is 1200. The summed E-state index contributed by atoms with van der Waals surface area (Å²) >= 11 is 0. The molecule has 1 aliphatic rings. The third kappa shape index (κ3) is 3.85. The number of nitrogens with one attached hydrogen (secondary N) is 2. The minimum Gasteiger partial charge on any atom is -0.497 e. The molecule has 0 bridgehead atoms. The highest BCUT2D eigenvalue weighted by Gasteiger charge is 2.36. The number of carbonyl (C=O) groups is 2. The highest BCUT2D eigenvalue weighted by atomic mass is 16.5. The topological polar surface area (TPSA) is 85.9 Å². The Labute approximate surface area is 186 Å². The molecule has 1 aliphatic heterocycles. The van der Waals surface area contributed by atoms with Crippen LogP contribution in [0.2, 0.25) is 0 Å². The van der Waals surface area contributed by atoms with Crippen LogP contribution in [0, 0.1) is 0 Å². The Balaban J connectivity index is 1.99. The zero-order chi connectivity index (χ0) is 22.7. The van der Waals surface area contributed by atoms with Crippen molar-refractivity contribution in [1.29, 1.82) is 0 Å². The Morgan fingerprint density at radius 2 is 1.72 bits per heavy atom. The van der Waals surface area contributed by atoms with Crippen molar-refractivity contribution in [1.82, 2.24) is 10.6 Å². The number of fused-ring (bicyclic) bond motifs is 1. The molecule has 3 aromatic rings. The van der Waals surface area contributed by atoms with Crippen molar-refractivity contribution in [3.63, 3.8) is 0 Å². The molecule has 0 saturated heterocycles. The van der Waals surface area contributed by atoms with Gasteiger partial charge in [-0.15, -0.1) is 0 Å². The van der Waals surface area contributed by atoms with Gasteiger partial charge in [0.05, 0.1) is 38.1 Å². The van der Waals surface area contributed by atoms with Crippen LogP contribution in [-0.2, 0) is 9.53 Å². The Morgan fingerprint density at radius 3 is 2.41 bits per heavy atom. The summed E-state index contributed by atoms with van der Waals surface area (Å²) in [6.45, 7) is 1.94. The summed E-state index contributed by atoms with van der Waals surface area (Å²) in [7, 11) is 3.14. The van der Waals surface area contributed by atoms with Gasteiger partial charge in [0.2, 0.25) is 0 Å². The lowest BCUT2D eigenvalue weighted by atomic mass is 9.89. The van der Waals surface area contributed by atoms with Crippen molar-refractivity contribution in [3.8, 4) is 11.5 Å². The van der Waals surface area contributed by atoms with E-state index >= 15 is 0 Å². The van der Waals surface area contributed by atoms with Crippen LogP contribution in [0.3, 0.4) is 0 Å². The van der Waals surface area contributed by atoms with E-state index in [1.807, 2.05) is 36.4 Å². The van der Waals surface area contributed by atoms with E-state index in [2.05, 4.69) is 10.6 Å². The number of methoxy groups -OCH3 is 2. The monoisotopic (exact) mass is 432 g/mol. The van der Waals surface area contributed by atoms with E-state index in [1.54, 1.807) is 45.4 Å². The number of benzene rings is 3. The quantitative estimate of drug-likeness (QED) is 0.571. The first kappa shape index (κ1) is 21.2. The zero-order valence-electron chi connectivity index (χ0n) is 18.1. The number of hydrogen-bond acceptors (Lipinski definition) is 5. The number of hydrogen-bond donors (Lipinski definition) is 2. The van der Waals surface area contributed by atoms with E-state index in [0.29, 0.717) is 33.9 Å². The number of esters is 1. The van der Waals surface area contributed by atoms with Crippen LogP contribution in [-0.4, -0.2) is 32.8 Å². The molecule has 0 saturated carbocycles. The first-order valence-electron chi connectivity index (χ1n) is 10.3. The minimum absolute atomic E-state index is 0.200. The van der Waals surface area contributed by atoms with Crippen molar-refractivity contribution >= 4 is 28.5 Å². The average molecular weight is 432 g/mol. The van der Waals surface area contributed by atoms with Crippen LogP contribution in [0.15, 0.2) is 66.2 Å². The molecule has 0 aliphatic carbocycles. The molecule has 1 unspecified atom stereocenters. The maximum absolute atomic E-state index is 13.2. The van der Waals surface area contributed by atoms with Crippen LogP contribution in [0.4, 0.5) is 4.79 Å². The van der Waals surface area contributed by atoms with Gasteiger partial charge in [0, 0.05) is 5.56 Å².